The lowest BCUT2D eigenvalue weighted by molar-refractivity contribution is 0.159. The van der Waals surface area contributed by atoms with Gasteiger partial charge in [-0.3, -0.25) is 0 Å². The lowest BCUT2D eigenvalue weighted by Gasteiger charge is -2.48. The van der Waals surface area contributed by atoms with Gasteiger partial charge in [-0.2, -0.15) is 0 Å². The van der Waals surface area contributed by atoms with Crippen molar-refractivity contribution in [2.45, 2.75) is 38.1 Å². The van der Waals surface area contributed by atoms with Gasteiger partial charge >= 0.3 is 0 Å². The Hall–Kier alpha value is -2.30. The van der Waals surface area contributed by atoms with Crippen LogP contribution in [0.1, 0.15) is 31.2 Å². The molecule has 152 valence electrons. The SMILES string of the molecule is Fc1cccc(N2CCC[C@@H](N3CCc4c(N5CC6CC(C6)C5)ccnc43)C2)c1. The van der Waals surface area contributed by atoms with Crippen LogP contribution in [0.3, 0.4) is 0 Å². The second-order valence-corrected chi connectivity index (χ2v) is 9.41. The lowest BCUT2D eigenvalue weighted by atomic mass is 9.71. The van der Waals surface area contributed by atoms with Crippen LogP contribution in [-0.2, 0) is 6.42 Å². The van der Waals surface area contributed by atoms with Crippen molar-refractivity contribution >= 4 is 17.2 Å². The summed E-state index contributed by atoms with van der Waals surface area (Å²) in [4.78, 5) is 12.3. The fourth-order valence-corrected chi connectivity index (χ4v) is 6.13. The zero-order chi connectivity index (χ0) is 19.4. The number of benzene rings is 1. The molecule has 1 aliphatic carbocycles. The largest absolute Gasteiger partial charge is 0.371 e. The summed E-state index contributed by atoms with van der Waals surface area (Å²) in [7, 11) is 0. The first-order valence-corrected chi connectivity index (χ1v) is 11.2. The van der Waals surface area contributed by atoms with Gasteiger partial charge < -0.3 is 14.7 Å². The third kappa shape index (κ3) is 3.06. The van der Waals surface area contributed by atoms with Gasteiger partial charge in [0.05, 0.1) is 0 Å². The third-order valence-corrected chi connectivity index (χ3v) is 7.52. The fourth-order valence-electron chi connectivity index (χ4n) is 6.13. The Bertz CT molecular complexity index is 900. The molecule has 0 unspecified atom stereocenters. The zero-order valence-corrected chi connectivity index (χ0v) is 16.9. The highest BCUT2D eigenvalue weighted by Gasteiger charge is 2.39. The van der Waals surface area contributed by atoms with Gasteiger partial charge in [0.2, 0.25) is 0 Å². The number of halogens is 1. The van der Waals surface area contributed by atoms with Crippen LogP contribution >= 0.6 is 0 Å². The second-order valence-electron chi connectivity index (χ2n) is 9.41. The summed E-state index contributed by atoms with van der Waals surface area (Å²) in [5.41, 5.74) is 3.89. The van der Waals surface area contributed by atoms with E-state index in [0.717, 1.165) is 50.0 Å². The minimum Gasteiger partial charge on any atom is -0.371 e. The van der Waals surface area contributed by atoms with Crippen LogP contribution < -0.4 is 14.7 Å². The molecule has 1 aromatic heterocycles. The minimum atomic E-state index is -0.151. The topological polar surface area (TPSA) is 22.6 Å². The van der Waals surface area contributed by atoms with Gasteiger partial charge in [-0.05, 0) is 68.2 Å². The molecule has 7 rings (SSSR count). The van der Waals surface area contributed by atoms with Crippen LogP contribution in [0, 0.1) is 17.7 Å². The molecule has 1 atom stereocenters. The van der Waals surface area contributed by atoms with Crippen molar-refractivity contribution in [3.8, 4) is 0 Å². The molecule has 0 radical (unpaired) electrons. The Balaban J connectivity index is 1.24. The molecule has 2 aromatic rings. The molecule has 0 amide bonds. The van der Waals surface area contributed by atoms with Crippen molar-refractivity contribution in [3.63, 3.8) is 0 Å². The molecule has 0 N–H and O–H groups in total. The number of anilines is 3. The van der Waals surface area contributed by atoms with Gasteiger partial charge in [-0.1, -0.05) is 6.07 Å². The van der Waals surface area contributed by atoms with E-state index in [4.69, 9.17) is 4.98 Å². The number of fused-ring (bicyclic) bond motifs is 3. The molecule has 2 bridgehead atoms. The number of rotatable bonds is 3. The van der Waals surface area contributed by atoms with E-state index >= 15 is 0 Å². The zero-order valence-electron chi connectivity index (χ0n) is 16.9. The van der Waals surface area contributed by atoms with E-state index in [1.165, 1.54) is 55.5 Å². The van der Waals surface area contributed by atoms with E-state index in [-0.39, 0.29) is 5.82 Å². The van der Waals surface area contributed by atoms with Gasteiger partial charge in [0, 0.05) is 61.9 Å². The number of hydrogen-bond acceptors (Lipinski definition) is 4. The van der Waals surface area contributed by atoms with Gasteiger partial charge in [-0.25, -0.2) is 9.37 Å². The predicted molar refractivity (Wildman–Crippen MR) is 115 cm³/mol. The summed E-state index contributed by atoms with van der Waals surface area (Å²) in [6, 6.07) is 9.73. The molecule has 5 aliphatic rings. The Kier molecular flexibility index (Phi) is 4.17. The van der Waals surface area contributed by atoms with Crippen molar-refractivity contribution in [3.05, 3.63) is 47.9 Å². The Labute approximate surface area is 172 Å². The maximum atomic E-state index is 13.7. The fraction of sp³-hybridized carbons (Fsp3) is 0.542. The molecule has 5 heterocycles. The summed E-state index contributed by atoms with van der Waals surface area (Å²) in [5, 5.41) is 0. The van der Waals surface area contributed by atoms with Gasteiger partial charge in [0.25, 0.3) is 0 Å². The molecular weight excluding hydrogens is 363 g/mol. The summed E-state index contributed by atoms with van der Waals surface area (Å²) in [6.45, 7) is 5.46. The van der Waals surface area contributed by atoms with Crippen molar-refractivity contribution in [1.29, 1.82) is 0 Å². The molecule has 1 saturated carbocycles. The maximum absolute atomic E-state index is 13.7. The highest BCUT2D eigenvalue weighted by Crippen LogP contribution is 2.44. The van der Waals surface area contributed by atoms with E-state index in [2.05, 4.69) is 20.8 Å². The van der Waals surface area contributed by atoms with Crippen molar-refractivity contribution in [2.75, 3.05) is 47.4 Å². The Morgan fingerprint density at radius 1 is 0.966 bits per heavy atom. The Morgan fingerprint density at radius 3 is 2.66 bits per heavy atom. The number of nitrogens with zero attached hydrogens (tertiary/aromatic N) is 4. The van der Waals surface area contributed by atoms with Crippen molar-refractivity contribution in [2.24, 2.45) is 11.8 Å². The van der Waals surface area contributed by atoms with E-state index < -0.39 is 0 Å². The predicted octanol–water partition coefficient (Wildman–Crippen LogP) is 4.10. The average molecular weight is 393 g/mol. The molecule has 4 aliphatic heterocycles. The average Bonchev–Trinajstić information content (AvgIpc) is 3.18. The quantitative estimate of drug-likeness (QED) is 0.784. The molecule has 1 aromatic carbocycles. The lowest BCUT2D eigenvalue weighted by Crippen LogP contribution is -2.49. The van der Waals surface area contributed by atoms with Crippen LogP contribution in [0.15, 0.2) is 36.5 Å². The molecule has 4 nitrogen and oxygen atoms in total. The van der Waals surface area contributed by atoms with E-state index in [1.54, 1.807) is 6.07 Å². The summed E-state index contributed by atoms with van der Waals surface area (Å²) in [6.07, 6.45) is 8.32. The van der Waals surface area contributed by atoms with Crippen LogP contribution in [0.25, 0.3) is 0 Å². The molecule has 4 fully saturated rings. The van der Waals surface area contributed by atoms with Gasteiger partial charge in [0.15, 0.2) is 0 Å². The number of hydrogen-bond donors (Lipinski definition) is 0. The first-order valence-electron chi connectivity index (χ1n) is 11.2. The summed E-state index contributed by atoms with van der Waals surface area (Å²) in [5.74, 6) is 2.87. The smallest absolute Gasteiger partial charge is 0.134 e. The minimum absolute atomic E-state index is 0.151. The van der Waals surface area contributed by atoms with Crippen LogP contribution in [0.2, 0.25) is 0 Å². The first kappa shape index (κ1) is 17.5. The highest BCUT2D eigenvalue weighted by molar-refractivity contribution is 5.68. The summed E-state index contributed by atoms with van der Waals surface area (Å²) < 4.78 is 13.7. The molecule has 5 heteroatoms. The third-order valence-electron chi connectivity index (χ3n) is 7.52. The molecule has 0 spiro atoms. The highest BCUT2D eigenvalue weighted by atomic mass is 19.1. The van der Waals surface area contributed by atoms with Gasteiger partial charge in [-0.15, -0.1) is 0 Å². The summed E-state index contributed by atoms with van der Waals surface area (Å²) >= 11 is 0. The first-order chi connectivity index (χ1) is 14.2. The molecular formula is C24H29FN4. The van der Waals surface area contributed by atoms with Crippen LogP contribution in [-0.4, -0.2) is 43.7 Å². The number of pyridine rings is 1. The number of piperidine rings is 3. The molecule has 29 heavy (non-hydrogen) atoms. The monoisotopic (exact) mass is 392 g/mol. The maximum Gasteiger partial charge on any atom is 0.134 e. The molecule has 3 saturated heterocycles. The number of aromatic nitrogens is 1. The standard InChI is InChI=1S/C24H29FN4/c25-19-3-1-4-20(13-19)27-9-2-5-21(16-27)29-10-7-22-23(6-8-26-24(22)29)28-14-17-11-18(12-17)15-28/h1,3-4,6,8,13,17-18,21H,2,5,7,9-12,14-16H2/t17?,18?,21-/m1/s1. The van der Waals surface area contributed by atoms with Crippen LogP contribution in [0.4, 0.5) is 21.6 Å². The van der Waals surface area contributed by atoms with Crippen molar-refractivity contribution in [1.82, 2.24) is 4.98 Å². The van der Waals surface area contributed by atoms with Gasteiger partial charge in [0.1, 0.15) is 11.6 Å². The van der Waals surface area contributed by atoms with Crippen molar-refractivity contribution < 1.29 is 4.39 Å². The second kappa shape index (κ2) is 6.89. The Morgan fingerprint density at radius 2 is 1.83 bits per heavy atom. The van der Waals surface area contributed by atoms with E-state index in [1.807, 2.05) is 18.3 Å². The van der Waals surface area contributed by atoms with E-state index in [9.17, 15) is 4.39 Å². The normalized spacial score (nSPS) is 28.3. The van der Waals surface area contributed by atoms with Crippen LogP contribution in [0.5, 0.6) is 0 Å². The van der Waals surface area contributed by atoms with E-state index in [0.29, 0.717) is 6.04 Å².